The van der Waals surface area contributed by atoms with E-state index in [2.05, 4.69) is 6.92 Å². The van der Waals surface area contributed by atoms with Crippen molar-refractivity contribution >= 4 is 34.8 Å². The van der Waals surface area contributed by atoms with E-state index in [4.69, 9.17) is 39.5 Å². The molecule has 0 aliphatic carbocycles. The van der Waals surface area contributed by atoms with Crippen molar-refractivity contribution in [3.63, 3.8) is 0 Å². The predicted molar refractivity (Wildman–Crippen MR) is 80.4 cm³/mol. The molecule has 0 aromatic heterocycles. The molecule has 1 aromatic rings. The minimum absolute atomic E-state index is 0.0859. The Balaban J connectivity index is 2.79. The van der Waals surface area contributed by atoms with Gasteiger partial charge in [-0.2, -0.15) is 0 Å². The molecule has 0 spiro atoms. The van der Waals surface area contributed by atoms with E-state index in [-0.39, 0.29) is 5.38 Å². The second-order valence-electron chi connectivity index (χ2n) is 4.20. The van der Waals surface area contributed by atoms with E-state index in [9.17, 15) is 0 Å². The molecule has 0 aliphatic rings. The minimum Gasteiger partial charge on any atom is -0.492 e. The van der Waals surface area contributed by atoms with Crippen molar-refractivity contribution in [1.82, 2.24) is 0 Å². The number of rotatable bonds is 7. The highest BCUT2D eigenvalue weighted by Crippen LogP contribution is 2.38. The van der Waals surface area contributed by atoms with Crippen LogP contribution >= 0.6 is 34.8 Å². The highest BCUT2D eigenvalue weighted by atomic mass is 35.5. The Morgan fingerprint density at radius 1 is 1.11 bits per heavy atom. The highest BCUT2D eigenvalue weighted by molar-refractivity contribution is 6.35. The first-order valence-corrected chi connectivity index (χ1v) is 7.55. The van der Waals surface area contributed by atoms with Crippen LogP contribution in [0.2, 0.25) is 10.0 Å². The fraction of sp³-hybridized carbons (Fsp3) is 0.571. The first-order chi connectivity index (χ1) is 8.60. The third-order valence-corrected chi connectivity index (χ3v) is 3.83. The van der Waals surface area contributed by atoms with E-state index in [1.807, 2.05) is 13.0 Å². The van der Waals surface area contributed by atoms with Crippen molar-refractivity contribution in [3.8, 4) is 5.75 Å². The largest absolute Gasteiger partial charge is 0.492 e. The Labute approximate surface area is 124 Å². The van der Waals surface area contributed by atoms with E-state index >= 15 is 0 Å². The Morgan fingerprint density at radius 2 is 1.83 bits per heavy atom. The van der Waals surface area contributed by atoms with Crippen molar-refractivity contribution in [1.29, 1.82) is 0 Å². The molecule has 102 valence electrons. The van der Waals surface area contributed by atoms with Crippen molar-refractivity contribution in [2.75, 3.05) is 6.61 Å². The van der Waals surface area contributed by atoms with Crippen LogP contribution in [0.4, 0.5) is 0 Å². The second-order valence-corrected chi connectivity index (χ2v) is 5.54. The number of alkyl halides is 1. The van der Waals surface area contributed by atoms with Crippen molar-refractivity contribution < 1.29 is 4.74 Å². The summed E-state index contributed by atoms with van der Waals surface area (Å²) >= 11 is 18.7. The molecule has 0 N–H and O–H groups in total. The molecule has 1 rings (SSSR count). The van der Waals surface area contributed by atoms with Gasteiger partial charge in [0.25, 0.3) is 0 Å². The van der Waals surface area contributed by atoms with Gasteiger partial charge < -0.3 is 4.74 Å². The molecular formula is C14H19Cl3O. The SMILES string of the molecule is CCCCCC(Cl)c1cc(Cl)c(OCC)cc1Cl. The van der Waals surface area contributed by atoms with E-state index in [0.29, 0.717) is 22.4 Å². The van der Waals surface area contributed by atoms with Crippen LogP contribution < -0.4 is 4.74 Å². The fourth-order valence-electron chi connectivity index (χ4n) is 1.78. The summed E-state index contributed by atoms with van der Waals surface area (Å²) in [5.74, 6) is 0.616. The summed E-state index contributed by atoms with van der Waals surface area (Å²) in [5.41, 5.74) is 0.892. The molecule has 0 aliphatic heterocycles. The lowest BCUT2D eigenvalue weighted by molar-refractivity contribution is 0.340. The van der Waals surface area contributed by atoms with Crippen LogP contribution in [0.15, 0.2) is 12.1 Å². The van der Waals surface area contributed by atoms with Gasteiger partial charge in [-0.1, -0.05) is 49.4 Å². The predicted octanol–water partition coefficient (Wildman–Crippen LogP) is 6.25. The molecule has 0 saturated heterocycles. The van der Waals surface area contributed by atoms with Crippen LogP contribution in [0.3, 0.4) is 0 Å². The van der Waals surface area contributed by atoms with Gasteiger partial charge in [0.05, 0.1) is 17.0 Å². The summed E-state index contributed by atoms with van der Waals surface area (Å²) < 4.78 is 5.39. The highest BCUT2D eigenvalue weighted by Gasteiger charge is 2.15. The summed E-state index contributed by atoms with van der Waals surface area (Å²) in [4.78, 5) is 0. The Kier molecular flexibility index (Phi) is 7.21. The van der Waals surface area contributed by atoms with E-state index in [1.54, 1.807) is 6.07 Å². The third-order valence-electron chi connectivity index (χ3n) is 2.75. The van der Waals surface area contributed by atoms with E-state index in [1.165, 1.54) is 12.8 Å². The zero-order valence-corrected chi connectivity index (χ0v) is 13.1. The van der Waals surface area contributed by atoms with Crippen molar-refractivity contribution in [2.24, 2.45) is 0 Å². The summed E-state index contributed by atoms with van der Waals surface area (Å²) in [6, 6.07) is 3.57. The van der Waals surface area contributed by atoms with Crippen LogP contribution in [0, 0.1) is 0 Å². The lowest BCUT2D eigenvalue weighted by atomic mass is 10.1. The van der Waals surface area contributed by atoms with Gasteiger partial charge in [0.2, 0.25) is 0 Å². The summed E-state index contributed by atoms with van der Waals surface area (Å²) in [6.45, 7) is 4.65. The normalized spacial score (nSPS) is 12.5. The first kappa shape index (κ1) is 15.9. The monoisotopic (exact) mass is 308 g/mol. The maximum absolute atomic E-state index is 6.36. The fourth-order valence-corrected chi connectivity index (χ4v) is 2.68. The smallest absolute Gasteiger partial charge is 0.139 e. The molecule has 1 aromatic carbocycles. The maximum Gasteiger partial charge on any atom is 0.139 e. The average Bonchev–Trinajstić information content (AvgIpc) is 2.34. The van der Waals surface area contributed by atoms with E-state index in [0.717, 1.165) is 18.4 Å². The molecule has 4 heteroatoms. The Hall–Kier alpha value is -0.110. The minimum atomic E-state index is -0.0859. The molecule has 0 heterocycles. The molecule has 0 amide bonds. The molecule has 0 fully saturated rings. The van der Waals surface area contributed by atoms with Gasteiger partial charge in [0.1, 0.15) is 5.75 Å². The summed E-state index contributed by atoms with van der Waals surface area (Å²) in [6.07, 6.45) is 4.39. The average molecular weight is 310 g/mol. The number of hydrogen-bond acceptors (Lipinski definition) is 1. The van der Waals surface area contributed by atoms with Crippen LogP contribution in [-0.4, -0.2) is 6.61 Å². The van der Waals surface area contributed by atoms with Crippen LogP contribution in [0.5, 0.6) is 5.75 Å². The molecule has 18 heavy (non-hydrogen) atoms. The molecule has 0 saturated carbocycles. The van der Waals surface area contributed by atoms with Crippen molar-refractivity contribution in [2.45, 2.75) is 44.9 Å². The van der Waals surface area contributed by atoms with Crippen molar-refractivity contribution in [3.05, 3.63) is 27.7 Å². The standard InChI is InChI=1S/C14H19Cl3O/c1-3-5-6-7-11(15)10-8-13(17)14(18-4-2)9-12(10)16/h8-9,11H,3-7H2,1-2H3. The van der Waals surface area contributed by atoms with Gasteiger partial charge in [0, 0.05) is 11.1 Å². The van der Waals surface area contributed by atoms with Gasteiger partial charge in [-0.3, -0.25) is 0 Å². The topological polar surface area (TPSA) is 9.23 Å². The molecule has 0 radical (unpaired) electrons. The van der Waals surface area contributed by atoms with Gasteiger partial charge in [0.15, 0.2) is 0 Å². The molecule has 0 bridgehead atoms. The van der Waals surface area contributed by atoms with Crippen LogP contribution in [0.1, 0.15) is 50.5 Å². The molecule has 1 nitrogen and oxygen atoms in total. The first-order valence-electron chi connectivity index (χ1n) is 6.35. The zero-order chi connectivity index (χ0) is 13.5. The van der Waals surface area contributed by atoms with E-state index < -0.39 is 0 Å². The third kappa shape index (κ3) is 4.53. The molecule has 1 atom stereocenters. The lowest BCUT2D eigenvalue weighted by Crippen LogP contribution is -1.96. The molecule has 1 unspecified atom stereocenters. The van der Waals surface area contributed by atoms with Gasteiger partial charge in [-0.15, -0.1) is 11.6 Å². The van der Waals surface area contributed by atoms with Gasteiger partial charge >= 0.3 is 0 Å². The Morgan fingerprint density at radius 3 is 2.44 bits per heavy atom. The number of hydrogen-bond donors (Lipinski definition) is 0. The number of unbranched alkanes of at least 4 members (excludes halogenated alkanes) is 2. The summed E-state index contributed by atoms with van der Waals surface area (Å²) in [7, 11) is 0. The number of ether oxygens (including phenoxy) is 1. The maximum atomic E-state index is 6.36. The quantitative estimate of drug-likeness (QED) is 0.427. The number of halogens is 3. The van der Waals surface area contributed by atoms with Crippen LogP contribution in [0.25, 0.3) is 0 Å². The zero-order valence-electron chi connectivity index (χ0n) is 10.8. The van der Waals surface area contributed by atoms with Gasteiger partial charge in [-0.25, -0.2) is 0 Å². The number of benzene rings is 1. The van der Waals surface area contributed by atoms with Crippen LogP contribution in [-0.2, 0) is 0 Å². The second kappa shape index (κ2) is 8.14. The lowest BCUT2D eigenvalue weighted by Gasteiger charge is -2.14. The summed E-state index contributed by atoms with van der Waals surface area (Å²) in [5, 5.41) is 1.11. The van der Waals surface area contributed by atoms with Gasteiger partial charge in [-0.05, 0) is 25.0 Å². The molecular weight excluding hydrogens is 291 g/mol. The Bertz CT molecular complexity index is 380.